The highest BCUT2D eigenvalue weighted by Gasteiger charge is 2.18. The molecule has 0 unspecified atom stereocenters. The van der Waals surface area contributed by atoms with Crippen LogP contribution < -0.4 is 14.8 Å². The van der Waals surface area contributed by atoms with Gasteiger partial charge in [-0.1, -0.05) is 6.92 Å². The first-order valence-corrected chi connectivity index (χ1v) is 6.67. The molecule has 0 atom stereocenters. The number of aromatic nitrogens is 2. The molecule has 1 aromatic heterocycles. The molecule has 0 saturated carbocycles. The van der Waals surface area contributed by atoms with E-state index in [1.807, 2.05) is 25.1 Å². The van der Waals surface area contributed by atoms with Crippen molar-refractivity contribution in [3.05, 3.63) is 23.9 Å². The van der Waals surface area contributed by atoms with E-state index >= 15 is 0 Å². The zero-order chi connectivity index (χ0) is 15.4. The molecule has 6 heteroatoms. The second-order valence-corrected chi connectivity index (χ2v) is 4.54. The van der Waals surface area contributed by atoms with Crippen molar-refractivity contribution in [1.82, 2.24) is 10.2 Å². The lowest BCUT2D eigenvalue weighted by Crippen LogP contribution is -2.10. The molecule has 0 saturated heterocycles. The van der Waals surface area contributed by atoms with Gasteiger partial charge in [0.15, 0.2) is 0 Å². The predicted octanol–water partition coefficient (Wildman–Crippen LogP) is 2.75. The minimum absolute atomic E-state index is 0.0670. The molecule has 1 heterocycles. The molecule has 0 radical (unpaired) electrons. The number of nitrogens with zero attached hydrogens (tertiary/aromatic N) is 1. The van der Waals surface area contributed by atoms with Crippen LogP contribution in [-0.4, -0.2) is 30.3 Å². The second kappa shape index (κ2) is 6.30. The Kier molecular flexibility index (Phi) is 4.47. The number of carbonyl (C=O) groups is 1. The Hall–Kier alpha value is -2.50. The Bertz CT molecular complexity index is 650. The largest absolute Gasteiger partial charge is 0.497 e. The van der Waals surface area contributed by atoms with Gasteiger partial charge in [-0.3, -0.25) is 9.89 Å². The van der Waals surface area contributed by atoms with Gasteiger partial charge in [-0.2, -0.15) is 5.10 Å². The molecule has 6 nitrogen and oxygen atoms in total. The third kappa shape index (κ3) is 2.99. The van der Waals surface area contributed by atoms with Gasteiger partial charge < -0.3 is 14.8 Å². The molecule has 0 bridgehead atoms. The number of hydrogen-bond donors (Lipinski definition) is 2. The summed E-state index contributed by atoms with van der Waals surface area (Å²) in [6.07, 6.45) is 0.402. The SMILES string of the molecule is CCC(=O)Nc1c(-c2cc(OC)ccc2OC)n[nH]c1C. The summed E-state index contributed by atoms with van der Waals surface area (Å²) in [6.45, 7) is 3.66. The Morgan fingerprint density at radius 2 is 2.10 bits per heavy atom. The van der Waals surface area contributed by atoms with E-state index in [-0.39, 0.29) is 5.91 Å². The van der Waals surface area contributed by atoms with E-state index in [2.05, 4.69) is 15.5 Å². The number of methoxy groups -OCH3 is 2. The van der Waals surface area contributed by atoms with Gasteiger partial charge in [-0.15, -0.1) is 0 Å². The summed E-state index contributed by atoms with van der Waals surface area (Å²) in [7, 11) is 3.19. The van der Waals surface area contributed by atoms with Crippen LogP contribution in [0.5, 0.6) is 11.5 Å². The molecule has 0 aliphatic heterocycles. The average molecular weight is 289 g/mol. The number of benzene rings is 1. The topological polar surface area (TPSA) is 76.2 Å². The number of anilines is 1. The number of aryl methyl sites for hydroxylation is 1. The van der Waals surface area contributed by atoms with Gasteiger partial charge in [0.25, 0.3) is 0 Å². The third-order valence-electron chi connectivity index (χ3n) is 3.19. The number of rotatable bonds is 5. The minimum Gasteiger partial charge on any atom is -0.497 e. The van der Waals surface area contributed by atoms with Crippen molar-refractivity contribution in [2.45, 2.75) is 20.3 Å². The molecular formula is C15H19N3O3. The van der Waals surface area contributed by atoms with Crippen molar-refractivity contribution in [1.29, 1.82) is 0 Å². The van der Waals surface area contributed by atoms with E-state index in [9.17, 15) is 4.79 Å². The van der Waals surface area contributed by atoms with Crippen LogP contribution >= 0.6 is 0 Å². The monoisotopic (exact) mass is 289 g/mol. The molecule has 0 aliphatic carbocycles. The van der Waals surface area contributed by atoms with Crippen molar-refractivity contribution in [3.63, 3.8) is 0 Å². The molecule has 112 valence electrons. The van der Waals surface area contributed by atoms with Crippen LogP contribution in [0, 0.1) is 6.92 Å². The summed E-state index contributed by atoms with van der Waals surface area (Å²) in [5.41, 5.74) is 2.84. The second-order valence-electron chi connectivity index (χ2n) is 4.54. The number of hydrogen-bond acceptors (Lipinski definition) is 4. The van der Waals surface area contributed by atoms with E-state index in [0.717, 1.165) is 11.3 Å². The zero-order valence-electron chi connectivity index (χ0n) is 12.6. The predicted molar refractivity (Wildman–Crippen MR) is 80.8 cm³/mol. The Morgan fingerprint density at radius 1 is 1.33 bits per heavy atom. The molecule has 0 fully saturated rings. The quantitative estimate of drug-likeness (QED) is 0.887. The lowest BCUT2D eigenvalue weighted by molar-refractivity contribution is -0.115. The smallest absolute Gasteiger partial charge is 0.224 e. The highest BCUT2D eigenvalue weighted by Crippen LogP contribution is 2.37. The number of ether oxygens (including phenoxy) is 2. The van der Waals surface area contributed by atoms with Crippen molar-refractivity contribution in [3.8, 4) is 22.8 Å². The molecular weight excluding hydrogens is 270 g/mol. The minimum atomic E-state index is -0.0670. The van der Waals surface area contributed by atoms with Gasteiger partial charge in [0.2, 0.25) is 5.91 Å². The van der Waals surface area contributed by atoms with Gasteiger partial charge >= 0.3 is 0 Å². The first-order chi connectivity index (χ1) is 10.1. The Balaban J connectivity index is 2.53. The fourth-order valence-electron chi connectivity index (χ4n) is 2.00. The number of nitrogens with one attached hydrogen (secondary N) is 2. The van der Waals surface area contributed by atoms with Crippen LogP contribution in [0.25, 0.3) is 11.3 Å². The summed E-state index contributed by atoms with van der Waals surface area (Å²) in [6, 6.07) is 5.45. The number of H-pyrrole nitrogens is 1. The normalized spacial score (nSPS) is 10.3. The van der Waals surface area contributed by atoms with Gasteiger partial charge in [0, 0.05) is 12.0 Å². The van der Waals surface area contributed by atoms with Gasteiger partial charge in [0.1, 0.15) is 17.2 Å². The van der Waals surface area contributed by atoms with Crippen molar-refractivity contribution >= 4 is 11.6 Å². The van der Waals surface area contributed by atoms with E-state index < -0.39 is 0 Å². The van der Waals surface area contributed by atoms with Crippen LogP contribution in [-0.2, 0) is 4.79 Å². The summed E-state index contributed by atoms with van der Waals surface area (Å²) in [5.74, 6) is 1.29. The highest BCUT2D eigenvalue weighted by atomic mass is 16.5. The maximum absolute atomic E-state index is 11.7. The van der Waals surface area contributed by atoms with Crippen molar-refractivity contribution < 1.29 is 14.3 Å². The highest BCUT2D eigenvalue weighted by molar-refractivity contribution is 5.96. The van der Waals surface area contributed by atoms with E-state index in [4.69, 9.17) is 9.47 Å². The molecule has 2 aromatic rings. The van der Waals surface area contributed by atoms with E-state index in [1.165, 1.54) is 0 Å². The zero-order valence-corrected chi connectivity index (χ0v) is 12.6. The Morgan fingerprint density at radius 3 is 2.71 bits per heavy atom. The molecule has 0 aliphatic rings. The number of amides is 1. The van der Waals surface area contributed by atoms with Crippen LogP contribution in [0.2, 0.25) is 0 Å². The standard InChI is InChI=1S/C15H19N3O3/c1-5-13(19)16-14-9(2)17-18-15(14)11-8-10(20-3)6-7-12(11)21-4/h6-8H,5H2,1-4H3,(H,16,19)(H,17,18). The molecule has 1 aromatic carbocycles. The van der Waals surface area contributed by atoms with Crippen molar-refractivity contribution in [2.75, 3.05) is 19.5 Å². The van der Waals surface area contributed by atoms with Crippen molar-refractivity contribution in [2.24, 2.45) is 0 Å². The fourth-order valence-corrected chi connectivity index (χ4v) is 2.00. The van der Waals surface area contributed by atoms with E-state index in [0.29, 0.717) is 29.3 Å². The average Bonchev–Trinajstić information content (AvgIpc) is 2.87. The maximum atomic E-state index is 11.7. The third-order valence-corrected chi connectivity index (χ3v) is 3.19. The maximum Gasteiger partial charge on any atom is 0.224 e. The molecule has 0 spiro atoms. The fraction of sp³-hybridized carbons (Fsp3) is 0.333. The summed E-state index contributed by atoms with van der Waals surface area (Å²) >= 11 is 0. The molecule has 2 rings (SSSR count). The molecule has 21 heavy (non-hydrogen) atoms. The summed E-state index contributed by atoms with van der Waals surface area (Å²) in [4.78, 5) is 11.7. The van der Waals surface area contributed by atoms with Crippen LogP contribution in [0.3, 0.4) is 0 Å². The number of carbonyl (C=O) groups excluding carboxylic acids is 1. The molecule has 1 amide bonds. The first-order valence-electron chi connectivity index (χ1n) is 6.67. The lowest BCUT2D eigenvalue weighted by atomic mass is 10.1. The lowest BCUT2D eigenvalue weighted by Gasteiger charge is -2.11. The van der Waals surface area contributed by atoms with Gasteiger partial charge in [-0.05, 0) is 25.1 Å². The summed E-state index contributed by atoms with van der Waals surface area (Å²) < 4.78 is 10.6. The van der Waals surface area contributed by atoms with Gasteiger partial charge in [-0.25, -0.2) is 0 Å². The van der Waals surface area contributed by atoms with Gasteiger partial charge in [0.05, 0.1) is 25.6 Å². The first kappa shape index (κ1) is 14.9. The molecule has 2 N–H and O–H groups in total. The Labute approximate surface area is 123 Å². The number of aromatic amines is 1. The van der Waals surface area contributed by atoms with Crippen LogP contribution in [0.15, 0.2) is 18.2 Å². The van der Waals surface area contributed by atoms with Crippen LogP contribution in [0.4, 0.5) is 5.69 Å². The van der Waals surface area contributed by atoms with E-state index in [1.54, 1.807) is 21.1 Å². The summed E-state index contributed by atoms with van der Waals surface area (Å²) in [5, 5.41) is 10.0. The van der Waals surface area contributed by atoms with Crippen LogP contribution in [0.1, 0.15) is 19.0 Å².